The maximum absolute atomic E-state index is 12.5. The Morgan fingerprint density at radius 2 is 2.03 bits per heavy atom. The van der Waals surface area contributed by atoms with Gasteiger partial charge in [0, 0.05) is 30.2 Å². The molecule has 1 aromatic heterocycles. The van der Waals surface area contributed by atoms with Crippen LogP contribution in [0.4, 0.5) is 0 Å². The summed E-state index contributed by atoms with van der Waals surface area (Å²) in [5, 5.41) is 14.7. The first-order valence-corrected chi connectivity index (χ1v) is 11.8. The van der Waals surface area contributed by atoms with Crippen LogP contribution in [0.25, 0.3) is 5.69 Å². The molecule has 3 rings (SSSR count). The first-order chi connectivity index (χ1) is 15.4. The standard InChI is InChI=1S/C25H38N6O/c1-6-26-25(29-22-12-9-11-20(15-22)24(32)28-17(2)3)27-16-21-10-7-8-13-23(21)31-19(5)14-18(4)30-31/h7-8,10,13-14,17,20,22H,6,9,11-12,15-16H2,1-5H3,(H,28,32)(H2,26,27,29). The lowest BCUT2D eigenvalue weighted by atomic mass is 9.85. The van der Waals surface area contributed by atoms with Crippen LogP contribution in [0.2, 0.25) is 0 Å². The maximum Gasteiger partial charge on any atom is 0.223 e. The van der Waals surface area contributed by atoms with Crippen LogP contribution in [0.15, 0.2) is 35.3 Å². The van der Waals surface area contributed by atoms with E-state index in [2.05, 4.69) is 53.1 Å². The Morgan fingerprint density at radius 3 is 2.72 bits per heavy atom. The minimum atomic E-state index is 0.0679. The van der Waals surface area contributed by atoms with E-state index in [9.17, 15) is 4.79 Å². The minimum absolute atomic E-state index is 0.0679. The molecule has 1 aromatic carbocycles. The second kappa shape index (κ2) is 11.2. The number of nitrogens with zero attached hydrogens (tertiary/aromatic N) is 3. The van der Waals surface area contributed by atoms with Crippen LogP contribution in [-0.4, -0.2) is 40.3 Å². The molecule has 2 unspecified atom stereocenters. The summed E-state index contributed by atoms with van der Waals surface area (Å²) < 4.78 is 1.99. The molecular weight excluding hydrogens is 400 g/mol. The zero-order chi connectivity index (χ0) is 23.1. The van der Waals surface area contributed by atoms with Gasteiger partial charge in [0.15, 0.2) is 5.96 Å². The second-order valence-corrected chi connectivity index (χ2v) is 9.03. The highest BCUT2D eigenvalue weighted by atomic mass is 16.1. The molecule has 7 nitrogen and oxygen atoms in total. The quantitative estimate of drug-likeness (QED) is 0.455. The number of carbonyl (C=O) groups is 1. The summed E-state index contributed by atoms with van der Waals surface area (Å²) in [5.41, 5.74) is 4.29. The number of aryl methyl sites for hydroxylation is 2. The normalized spacial score (nSPS) is 19.1. The van der Waals surface area contributed by atoms with Gasteiger partial charge in [-0.25, -0.2) is 9.67 Å². The Morgan fingerprint density at radius 1 is 1.25 bits per heavy atom. The molecular formula is C25H38N6O. The zero-order valence-corrected chi connectivity index (χ0v) is 20.1. The van der Waals surface area contributed by atoms with E-state index >= 15 is 0 Å². The van der Waals surface area contributed by atoms with Crippen molar-refractivity contribution in [2.75, 3.05) is 6.54 Å². The Hall–Kier alpha value is -2.83. The Balaban J connectivity index is 1.71. The highest BCUT2D eigenvalue weighted by Gasteiger charge is 2.28. The number of hydrogen-bond donors (Lipinski definition) is 3. The number of aliphatic imine (C=N–C) groups is 1. The van der Waals surface area contributed by atoms with Crippen molar-refractivity contribution in [2.24, 2.45) is 10.9 Å². The third-order valence-corrected chi connectivity index (χ3v) is 5.80. The molecule has 3 N–H and O–H groups in total. The molecule has 0 bridgehead atoms. The fourth-order valence-electron chi connectivity index (χ4n) is 4.36. The van der Waals surface area contributed by atoms with E-state index in [0.29, 0.717) is 6.54 Å². The predicted octanol–water partition coefficient (Wildman–Crippen LogP) is 3.63. The van der Waals surface area contributed by atoms with Gasteiger partial charge < -0.3 is 16.0 Å². The van der Waals surface area contributed by atoms with E-state index in [-0.39, 0.29) is 23.9 Å². The predicted molar refractivity (Wildman–Crippen MR) is 130 cm³/mol. The fraction of sp³-hybridized carbons (Fsp3) is 0.560. The summed E-state index contributed by atoms with van der Waals surface area (Å²) in [6, 6.07) is 10.8. The number of guanidine groups is 1. The number of amides is 1. The monoisotopic (exact) mass is 438 g/mol. The molecule has 2 atom stereocenters. The molecule has 0 radical (unpaired) electrons. The molecule has 1 fully saturated rings. The van der Waals surface area contributed by atoms with Crippen LogP contribution in [-0.2, 0) is 11.3 Å². The molecule has 0 spiro atoms. The largest absolute Gasteiger partial charge is 0.357 e. The number of rotatable bonds is 7. The molecule has 0 saturated heterocycles. The van der Waals surface area contributed by atoms with Gasteiger partial charge >= 0.3 is 0 Å². The van der Waals surface area contributed by atoms with Gasteiger partial charge in [-0.05, 0) is 71.6 Å². The highest BCUT2D eigenvalue weighted by Crippen LogP contribution is 2.25. The van der Waals surface area contributed by atoms with Gasteiger partial charge in [0.2, 0.25) is 5.91 Å². The lowest BCUT2D eigenvalue weighted by molar-refractivity contribution is -0.126. The Bertz CT molecular complexity index is 932. The maximum atomic E-state index is 12.5. The lowest BCUT2D eigenvalue weighted by Crippen LogP contribution is -2.47. The highest BCUT2D eigenvalue weighted by molar-refractivity contribution is 5.81. The number of carbonyl (C=O) groups excluding carboxylic acids is 1. The van der Waals surface area contributed by atoms with E-state index in [1.54, 1.807) is 0 Å². The van der Waals surface area contributed by atoms with Gasteiger partial charge in [-0.15, -0.1) is 0 Å². The molecule has 1 aliphatic carbocycles. The van der Waals surface area contributed by atoms with E-state index in [1.807, 2.05) is 37.6 Å². The third-order valence-electron chi connectivity index (χ3n) is 5.80. The molecule has 174 valence electrons. The van der Waals surface area contributed by atoms with E-state index < -0.39 is 0 Å². The molecule has 1 heterocycles. The van der Waals surface area contributed by atoms with Crippen LogP contribution in [0.1, 0.15) is 63.4 Å². The number of aromatic nitrogens is 2. The lowest BCUT2D eigenvalue weighted by Gasteiger charge is -2.30. The smallest absolute Gasteiger partial charge is 0.223 e. The van der Waals surface area contributed by atoms with Crippen LogP contribution in [0, 0.1) is 19.8 Å². The third kappa shape index (κ3) is 6.34. The van der Waals surface area contributed by atoms with Crippen molar-refractivity contribution >= 4 is 11.9 Å². The summed E-state index contributed by atoms with van der Waals surface area (Å²) >= 11 is 0. The number of para-hydroxylation sites is 1. The van der Waals surface area contributed by atoms with E-state index in [0.717, 1.165) is 60.8 Å². The average Bonchev–Trinajstić information content (AvgIpc) is 3.10. The summed E-state index contributed by atoms with van der Waals surface area (Å²) in [6.45, 7) is 11.5. The van der Waals surface area contributed by atoms with Gasteiger partial charge in [-0.2, -0.15) is 5.10 Å². The molecule has 0 aliphatic heterocycles. The van der Waals surface area contributed by atoms with Gasteiger partial charge in [-0.1, -0.05) is 24.6 Å². The van der Waals surface area contributed by atoms with Crippen molar-refractivity contribution in [3.05, 3.63) is 47.3 Å². The Labute approximate surface area is 192 Å². The number of nitrogens with one attached hydrogen (secondary N) is 3. The molecule has 1 amide bonds. The summed E-state index contributed by atoms with van der Waals surface area (Å²) in [6.07, 6.45) is 3.90. The summed E-state index contributed by atoms with van der Waals surface area (Å²) in [4.78, 5) is 17.4. The van der Waals surface area contributed by atoms with Crippen molar-refractivity contribution in [1.82, 2.24) is 25.7 Å². The van der Waals surface area contributed by atoms with Gasteiger partial charge in [0.1, 0.15) is 0 Å². The molecule has 32 heavy (non-hydrogen) atoms. The van der Waals surface area contributed by atoms with E-state index in [4.69, 9.17) is 4.99 Å². The van der Waals surface area contributed by atoms with Gasteiger partial charge in [0.05, 0.1) is 17.9 Å². The first-order valence-electron chi connectivity index (χ1n) is 11.8. The SMILES string of the molecule is CCNC(=NCc1ccccc1-n1nc(C)cc1C)NC1CCCC(C(=O)NC(C)C)C1. The Kier molecular flexibility index (Phi) is 8.31. The summed E-state index contributed by atoms with van der Waals surface area (Å²) in [5.74, 6) is 1.04. The topological polar surface area (TPSA) is 83.3 Å². The van der Waals surface area contributed by atoms with Crippen LogP contribution in [0.5, 0.6) is 0 Å². The second-order valence-electron chi connectivity index (χ2n) is 9.03. The van der Waals surface area contributed by atoms with Crippen LogP contribution >= 0.6 is 0 Å². The number of benzene rings is 1. The first kappa shape index (κ1) is 23.8. The number of hydrogen-bond acceptors (Lipinski definition) is 3. The fourth-order valence-corrected chi connectivity index (χ4v) is 4.36. The minimum Gasteiger partial charge on any atom is -0.357 e. The van der Waals surface area contributed by atoms with E-state index in [1.165, 1.54) is 0 Å². The van der Waals surface area contributed by atoms with Crippen molar-refractivity contribution in [3.63, 3.8) is 0 Å². The van der Waals surface area contributed by atoms with Gasteiger partial charge in [-0.3, -0.25) is 4.79 Å². The van der Waals surface area contributed by atoms with Crippen LogP contribution < -0.4 is 16.0 Å². The van der Waals surface area contributed by atoms with Crippen molar-refractivity contribution < 1.29 is 4.79 Å². The molecule has 1 saturated carbocycles. The molecule has 7 heteroatoms. The van der Waals surface area contributed by atoms with Crippen molar-refractivity contribution in [1.29, 1.82) is 0 Å². The molecule has 2 aromatic rings. The summed E-state index contributed by atoms with van der Waals surface area (Å²) in [7, 11) is 0. The average molecular weight is 439 g/mol. The van der Waals surface area contributed by atoms with Crippen molar-refractivity contribution in [2.45, 2.75) is 78.9 Å². The molecule has 1 aliphatic rings. The van der Waals surface area contributed by atoms with Crippen LogP contribution in [0.3, 0.4) is 0 Å². The van der Waals surface area contributed by atoms with Crippen molar-refractivity contribution in [3.8, 4) is 5.69 Å². The zero-order valence-electron chi connectivity index (χ0n) is 20.1. The van der Waals surface area contributed by atoms with Gasteiger partial charge in [0.25, 0.3) is 0 Å².